The van der Waals surface area contributed by atoms with Gasteiger partial charge in [-0.05, 0) is 84.6 Å². The molecule has 0 atom stereocenters. The second-order valence-corrected chi connectivity index (χ2v) is 10.9. The van der Waals surface area contributed by atoms with Crippen molar-refractivity contribution in [3.8, 4) is 17.0 Å². The number of hydrogen-bond acceptors (Lipinski definition) is 6. The molecule has 0 saturated carbocycles. The van der Waals surface area contributed by atoms with Crippen molar-refractivity contribution in [2.24, 2.45) is 0 Å². The van der Waals surface area contributed by atoms with Gasteiger partial charge in [0, 0.05) is 25.2 Å². The number of sulfonamides is 1. The summed E-state index contributed by atoms with van der Waals surface area (Å²) in [6, 6.07) is 12.7. The summed E-state index contributed by atoms with van der Waals surface area (Å²) in [7, 11) is 1.33. The zero-order valence-electron chi connectivity index (χ0n) is 21.2. The number of aromatic nitrogens is 1. The van der Waals surface area contributed by atoms with Crippen LogP contribution < -0.4 is 9.46 Å². The zero-order chi connectivity index (χ0) is 26.5. The zero-order valence-corrected chi connectivity index (χ0v) is 22.0. The molecule has 3 aromatic rings. The maximum absolute atomic E-state index is 14.5. The molecule has 7 nitrogen and oxygen atoms in total. The van der Waals surface area contributed by atoms with Gasteiger partial charge in [0.1, 0.15) is 5.82 Å². The number of amides is 1. The SMILES string of the molecule is COc1cc(-c2cc(F)cc(C(C)C)c2CCC(=O)NS(=O)(=O)c2ccc(CN(C)C)cc2)ccn1.[KH]. The van der Waals surface area contributed by atoms with Crippen molar-refractivity contribution in [3.05, 3.63) is 77.2 Å². The van der Waals surface area contributed by atoms with E-state index in [1.807, 2.05) is 32.8 Å². The van der Waals surface area contributed by atoms with Crippen LogP contribution in [0.2, 0.25) is 0 Å². The Kier molecular flexibility index (Phi) is 11.9. The molecule has 0 aliphatic carbocycles. The molecule has 0 fully saturated rings. The number of carbonyl (C=O) groups is 1. The van der Waals surface area contributed by atoms with E-state index in [-0.39, 0.29) is 75.0 Å². The van der Waals surface area contributed by atoms with Crippen LogP contribution in [-0.4, -0.2) is 96.8 Å². The van der Waals surface area contributed by atoms with E-state index < -0.39 is 21.7 Å². The van der Waals surface area contributed by atoms with E-state index in [2.05, 4.69) is 9.71 Å². The van der Waals surface area contributed by atoms with Gasteiger partial charge in [0.2, 0.25) is 11.8 Å². The topological polar surface area (TPSA) is 88.6 Å². The Balaban J connectivity index is 0.00000481. The van der Waals surface area contributed by atoms with Crippen molar-refractivity contribution < 1.29 is 22.3 Å². The molecule has 0 aliphatic heterocycles. The summed E-state index contributed by atoms with van der Waals surface area (Å²) in [6.07, 6.45) is 1.72. The van der Waals surface area contributed by atoms with Gasteiger partial charge in [-0.3, -0.25) is 4.79 Å². The molecule has 194 valence electrons. The summed E-state index contributed by atoms with van der Waals surface area (Å²) in [5, 5.41) is 0. The molecule has 10 heteroatoms. The van der Waals surface area contributed by atoms with Crippen LogP contribution in [0, 0.1) is 5.82 Å². The number of nitrogens with zero attached hydrogens (tertiary/aromatic N) is 2. The van der Waals surface area contributed by atoms with Crippen molar-refractivity contribution >= 4 is 67.3 Å². The summed E-state index contributed by atoms with van der Waals surface area (Å²) in [5.41, 5.74) is 3.81. The number of carbonyl (C=O) groups excluding carboxylic acids is 1. The van der Waals surface area contributed by atoms with E-state index in [9.17, 15) is 17.6 Å². The first-order valence-corrected chi connectivity index (χ1v) is 13.1. The van der Waals surface area contributed by atoms with Crippen LogP contribution in [0.1, 0.15) is 42.9 Å². The molecule has 1 N–H and O–H groups in total. The van der Waals surface area contributed by atoms with Crippen LogP contribution >= 0.6 is 0 Å². The number of methoxy groups -OCH3 is 1. The molecular weight excluding hydrogens is 520 g/mol. The Morgan fingerprint density at radius 1 is 1.11 bits per heavy atom. The molecule has 3 rings (SSSR count). The first-order chi connectivity index (χ1) is 17.0. The first kappa shape index (κ1) is 31.6. The summed E-state index contributed by atoms with van der Waals surface area (Å²) in [5.74, 6) is -0.650. The normalized spacial score (nSPS) is 11.4. The van der Waals surface area contributed by atoms with E-state index >= 15 is 0 Å². The minimum atomic E-state index is -4.01. The van der Waals surface area contributed by atoms with Gasteiger partial charge >= 0.3 is 51.4 Å². The summed E-state index contributed by atoms with van der Waals surface area (Å²) < 4.78 is 47.4. The molecule has 1 amide bonds. The molecular formula is C27H33FKN3O4S. The third kappa shape index (κ3) is 8.67. The van der Waals surface area contributed by atoms with Gasteiger partial charge in [-0.25, -0.2) is 22.5 Å². The number of hydrogen-bond donors (Lipinski definition) is 1. The molecule has 0 saturated heterocycles. The van der Waals surface area contributed by atoms with Gasteiger partial charge in [-0.2, -0.15) is 0 Å². The number of ether oxygens (including phenoxy) is 1. The van der Waals surface area contributed by atoms with Crippen molar-refractivity contribution in [3.63, 3.8) is 0 Å². The Morgan fingerprint density at radius 2 is 1.78 bits per heavy atom. The molecule has 1 heterocycles. The number of benzene rings is 2. The monoisotopic (exact) mass is 553 g/mol. The van der Waals surface area contributed by atoms with Crippen LogP contribution in [0.3, 0.4) is 0 Å². The maximum atomic E-state index is 14.5. The number of rotatable bonds is 10. The van der Waals surface area contributed by atoms with E-state index in [1.165, 1.54) is 31.4 Å². The van der Waals surface area contributed by atoms with Crippen LogP contribution in [0.15, 0.2) is 59.6 Å². The Labute approximate surface area is 261 Å². The van der Waals surface area contributed by atoms with E-state index in [0.29, 0.717) is 23.6 Å². The third-order valence-corrected chi connectivity index (χ3v) is 7.10. The van der Waals surface area contributed by atoms with E-state index in [1.54, 1.807) is 30.5 Å². The average Bonchev–Trinajstić information content (AvgIpc) is 2.82. The van der Waals surface area contributed by atoms with Crippen LogP contribution in [0.5, 0.6) is 5.88 Å². The summed E-state index contributed by atoms with van der Waals surface area (Å²) in [4.78, 5) is 18.8. The third-order valence-electron chi connectivity index (χ3n) is 5.71. The quantitative estimate of drug-likeness (QED) is 0.384. The molecule has 0 radical (unpaired) electrons. The Hall–Kier alpha value is -1.66. The van der Waals surface area contributed by atoms with Gasteiger partial charge in [0.15, 0.2) is 0 Å². The predicted molar refractivity (Wildman–Crippen MR) is 145 cm³/mol. The fourth-order valence-corrected chi connectivity index (χ4v) is 5.05. The van der Waals surface area contributed by atoms with Crippen molar-refractivity contribution in [1.29, 1.82) is 0 Å². The van der Waals surface area contributed by atoms with Gasteiger partial charge in [-0.1, -0.05) is 26.0 Å². The second-order valence-electron chi connectivity index (χ2n) is 9.17. The minimum absolute atomic E-state index is 0. The number of pyridine rings is 1. The molecule has 0 aliphatic rings. The van der Waals surface area contributed by atoms with E-state index in [4.69, 9.17) is 4.74 Å². The van der Waals surface area contributed by atoms with Gasteiger partial charge in [0.05, 0.1) is 12.0 Å². The van der Waals surface area contributed by atoms with Crippen LogP contribution in [0.4, 0.5) is 4.39 Å². The van der Waals surface area contributed by atoms with Crippen molar-refractivity contribution in [2.75, 3.05) is 21.2 Å². The van der Waals surface area contributed by atoms with Crippen molar-refractivity contribution in [2.45, 2.75) is 44.0 Å². The predicted octanol–water partition coefficient (Wildman–Crippen LogP) is 3.87. The number of halogens is 1. The van der Waals surface area contributed by atoms with Crippen LogP contribution in [0.25, 0.3) is 11.1 Å². The van der Waals surface area contributed by atoms with Crippen molar-refractivity contribution in [1.82, 2.24) is 14.6 Å². The van der Waals surface area contributed by atoms with Gasteiger partial charge in [-0.15, -0.1) is 0 Å². The Morgan fingerprint density at radius 3 is 2.38 bits per heavy atom. The average molecular weight is 554 g/mol. The second kappa shape index (κ2) is 13.9. The van der Waals surface area contributed by atoms with Gasteiger partial charge in [0.25, 0.3) is 10.0 Å². The fourth-order valence-electron chi connectivity index (χ4n) is 4.04. The van der Waals surface area contributed by atoms with Crippen LogP contribution in [-0.2, 0) is 27.8 Å². The standard InChI is InChI=1S/C27H32FN3O4S.K.H/c1-18(2)24-15-21(28)16-25(20-12-13-29-27(14-20)35-5)23(24)10-11-26(32)30-36(33,34)22-8-6-19(7-9-22)17-31(3)4;;/h6-9,12-16,18H,10-11,17H2,1-5H3,(H,30,32);;. The molecule has 0 unspecified atom stereocenters. The Bertz CT molecular complexity index is 1330. The molecule has 1 aromatic heterocycles. The molecule has 0 spiro atoms. The van der Waals surface area contributed by atoms with E-state index in [0.717, 1.165) is 16.7 Å². The summed E-state index contributed by atoms with van der Waals surface area (Å²) in [6.45, 7) is 4.56. The molecule has 0 bridgehead atoms. The van der Waals surface area contributed by atoms with Gasteiger partial charge < -0.3 is 9.64 Å². The first-order valence-electron chi connectivity index (χ1n) is 11.6. The molecule has 37 heavy (non-hydrogen) atoms. The fraction of sp³-hybridized carbons (Fsp3) is 0.333. The summed E-state index contributed by atoms with van der Waals surface area (Å²) >= 11 is 0. The number of nitrogens with one attached hydrogen (secondary N) is 1. The molecule has 2 aromatic carbocycles.